The minimum atomic E-state index is 0.737. The van der Waals surface area contributed by atoms with Crippen LogP contribution < -0.4 is 0 Å². The van der Waals surface area contributed by atoms with Crippen LogP contribution in [0.15, 0.2) is 0 Å². The van der Waals surface area contributed by atoms with Crippen LogP contribution in [0.1, 0.15) is 32.5 Å². The molecule has 0 aromatic carbocycles. The van der Waals surface area contributed by atoms with Crippen molar-refractivity contribution in [3.8, 4) is 0 Å². The molecule has 0 bridgehead atoms. The summed E-state index contributed by atoms with van der Waals surface area (Å²) in [4.78, 5) is 0. The second kappa shape index (κ2) is 4.56. The molecule has 1 heterocycles. The Morgan fingerprint density at radius 1 is 1.54 bits per heavy atom. The summed E-state index contributed by atoms with van der Waals surface area (Å²) in [5.41, 5.74) is 0. The lowest BCUT2D eigenvalue weighted by Gasteiger charge is -2.05. The summed E-state index contributed by atoms with van der Waals surface area (Å²) in [6.45, 7) is 7.43. The number of hydrogen-bond donors (Lipinski definition) is 1. The molecule has 0 fully saturated rings. The monoisotopic (exact) mass is 199 g/mol. The number of nitrogens with zero attached hydrogens (tertiary/aromatic N) is 2. The number of nitrogens with one attached hydrogen (secondary N) is 1. The van der Waals surface area contributed by atoms with Crippen LogP contribution in [0.25, 0.3) is 0 Å². The molecule has 74 valence electrons. The Hall–Kier alpha value is -0.640. The highest BCUT2D eigenvalue weighted by Gasteiger charge is 2.00. The van der Waals surface area contributed by atoms with Crippen LogP contribution >= 0.6 is 12.2 Å². The summed E-state index contributed by atoms with van der Waals surface area (Å²) in [5.74, 6) is 1.75. The summed E-state index contributed by atoms with van der Waals surface area (Å²) in [5, 5.41) is 6.85. The van der Waals surface area contributed by atoms with Crippen LogP contribution in [-0.4, -0.2) is 14.8 Å². The van der Waals surface area contributed by atoms with Gasteiger partial charge >= 0.3 is 0 Å². The summed E-state index contributed by atoms with van der Waals surface area (Å²) >= 11 is 5.10. The fourth-order valence-corrected chi connectivity index (χ4v) is 1.59. The summed E-state index contributed by atoms with van der Waals surface area (Å²) < 4.78 is 2.79. The molecule has 0 amide bonds. The standard InChI is InChI=1S/C9H17N3S/c1-7(2)5-4-6-12-8(3)10-11-9(12)13/h7H,4-6H2,1-3H3,(H,11,13). The van der Waals surface area contributed by atoms with Gasteiger partial charge in [0.15, 0.2) is 4.77 Å². The van der Waals surface area contributed by atoms with Crippen molar-refractivity contribution in [1.29, 1.82) is 0 Å². The van der Waals surface area contributed by atoms with E-state index in [1.54, 1.807) is 0 Å². The Morgan fingerprint density at radius 3 is 2.69 bits per heavy atom. The number of rotatable bonds is 4. The van der Waals surface area contributed by atoms with E-state index in [2.05, 4.69) is 28.6 Å². The van der Waals surface area contributed by atoms with Crippen molar-refractivity contribution in [3.05, 3.63) is 10.6 Å². The van der Waals surface area contributed by atoms with E-state index in [1.807, 2.05) is 6.92 Å². The molecule has 0 saturated heterocycles. The topological polar surface area (TPSA) is 33.6 Å². The van der Waals surface area contributed by atoms with Gasteiger partial charge in [-0.05, 0) is 37.9 Å². The highest BCUT2D eigenvalue weighted by atomic mass is 32.1. The summed E-state index contributed by atoms with van der Waals surface area (Å²) in [6, 6.07) is 0. The molecule has 1 aromatic heterocycles. The van der Waals surface area contributed by atoms with Gasteiger partial charge in [0.1, 0.15) is 5.82 Å². The van der Waals surface area contributed by atoms with Crippen molar-refractivity contribution in [2.75, 3.05) is 0 Å². The molecule has 3 nitrogen and oxygen atoms in total. The predicted octanol–water partition coefficient (Wildman–Crippen LogP) is 2.69. The number of aromatic nitrogens is 3. The smallest absolute Gasteiger partial charge is 0.195 e. The molecule has 0 aliphatic heterocycles. The molecular formula is C9H17N3S. The normalized spacial score (nSPS) is 11.1. The zero-order chi connectivity index (χ0) is 9.84. The minimum absolute atomic E-state index is 0.737. The molecule has 1 aromatic rings. The number of aromatic amines is 1. The minimum Gasteiger partial charge on any atom is -0.304 e. The molecule has 0 radical (unpaired) electrons. The highest BCUT2D eigenvalue weighted by Crippen LogP contribution is 2.06. The Bertz CT molecular complexity index is 311. The van der Waals surface area contributed by atoms with Gasteiger partial charge < -0.3 is 4.57 Å². The van der Waals surface area contributed by atoms with Crippen LogP contribution in [0.3, 0.4) is 0 Å². The first-order valence-corrected chi connectivity index (χ1v) is 5.14. The predicted molar refractivity (Wildman–Crippen MR) is 56.2 cm³/mol. The van der Waals surface area contributed by atoms with E-state index in [0.717, 1.165) is 23.1 Å². The molecule has 0 spiro atoms. The fraction of sp³-hybridized carbons (Fsp3) is 0.778. The first kappa shape index (κ1) is 10.4. The Kier molecular flexibility index (Phi) is 3.66. The average Bonchev–Trinajstić information content (AvgIpc) is 2.34. The van der Waals surface area contributed by atoms with Crippen LogP contribution in [0, 0.1) is 17.6 Å². The Balaban J connectivity index is 2.50. The molecule has 4 heteroatoms. The second-order valence-electron chi connectivity index (χ2n) is 3.76. The van der Waals surface area contributed by atoms with Gasteiger partial charge in [-0.15, -0.1) is 0 Å². The number of hydrogen-bond acceptors (Lipinski definition) is 2. The SMILES string of the molecule is Cc1n[nH]c(=S)n1CCCC(C)C. The van der Waals surface area contributed by atoms with E-state index >= 15 is 0 Å². The maximum Gasteiger partial charge on any atom is 0.195 e. The maximum atomic E-state index is 5.10. The quantitative estimate of drug-likeness (QED) is 0.756. The first-order valence-electron chi connectivity index (χ1n) is 4.73. The second-order valence-corrected chi connectivity index (χ2v) is 4.15. The molecular weight excluding hydrogens is 182 g/mol. The van der Waals surface area contributed by atoms with E-state index in [1.165, 1.54) is 12.8 Å². The fourth-order valence-electron chi connectivity index (χ4n) is 1.32. The van der Waals surface area contributed by atoms with Crippen molar-refractivity contribution >= 4 is 12.2 Å². The summed E-state index contributed by atoms with van der Waals surface area (Å²) in [6.07, 6.45) is 2.42. The van der Waals surface area contributed by atoms with Gasteiger partial charge in [-0.1, -0.05) is 13.8 Å². The zero-order valence-electron chi connectivity index (χ0n) is 8.50. The number of aryl methyl sites for hydroxylation is 1. The van der Waals surface area contributed by atoms with Crippen LogP contribution in [-0.2, 0) is 6.54 Å². The molecule has 0 atom stereocenters. The Morgan fingerprint density at radius 2 is 2.23 bits per heavy atom. The van der Waals surface area contributed by atoms with Crippen molar-refractivity contribution in [3.63, 3.8) is 0 Å². The van der Waals surface area contributed by atoms with Crippen LogP contribution in [0.5, 0.6) is 0 Å². The lowest BCUT2D eigenvalue weighted by atomic mass is 10.1. The van der Waals surface area contributed by atoms with Crippen molar-refractivity contribution < 1.29 is 0 Å². The van der Waals surface area contributed by atoms with Crippen LogP contribution in [0.4, 0.5) is 0 Å². The Labute approximate surface area is 84.2 Å². The van der Waals surface area contributed by atoms with Gasteiger partial charge in [0.2, 0.25) is 0 Å². The average molecular weight is 199 g/mol. The zero-order valence-corrected chi connectivity index (χ0v) is 9.32. The highest BCUT2D eigenvalue weighted by molar-refractivity contribution is 7.71. The van der Waals surface area contributed by atoms with Crippen molar-refractivity contribution in [2.45, 2.75) is 40.2 Å². The third-order valence-corrected chi connectivity index (χ3v) is 2.42. The third kappa shape index (κ3) is 2.95. The van der Waals surface area contributed by atoms with Gasteiger partial charge in [0, 0.05) is 6.54 Å². The third-order valence-electron chi connectivity index (χ3n) is 2.11. The van der Waals surface area contributed by atoms with Gasteiger partial charge in [0.05, 0.1) is 0 Å². The van der Waals surface area contributed by atoms with Crippen molar-refractivity contribution in [2.24, 2.45) is 5.92 Å². The van der Waals surface area contributed by atoms with E-state index < -0.39 is 0 Å². The lowest BCUT2D eigenvalue weighted by molar-refractivity contribution is 0.505. The van der Waals surface area contributed by atoms with E-state index in [4.69, 9.17) is 12.2 Å². The first-order chi connectivity index (χ1) is 6.11. The maximum absolute atomic E-state index is 5.10. The lowest BCUT2D eigenvalue weighted by Crippen LogP contribution is -2.02. The molecule has 13 heavy (non-hydrogen) atoms. The molecule has 0 aliphatic carbocycles. The van der Waals surface area contributed by atoms with Crippen molar-refractivity contribution in [1.82, 2.24) is 14.8 Å². The summed E-state index contributed by atoms with van der Waals surface area (Å²) in [7, 11) is 0. The van der Waals surface area contributed by atoms with E-state index in [0.29, 0.717) is 0 Å². The molecule has 1 N–H and O–H groups in total. The molecule has 0 unspecified atom stereocenters. The molecule has 0 saturated carbocycles. The van der Waals surface area contributed by atoms with Gasteiger partial charge in [-0.3, -0.25) is 5.10 Å². The van der Waals surface area contributed by atoms with Gasteiger partial charge in [-0.25, -0.2) is 0 Å². The van der Waals surface area contributed by atoms with E-state index in [9.17, 15) is 0 Å². The van der Waals surface area contributed by atoms with Crippen LogP contribution in [0.2, 0.25) is 0 Å². The van der Waals surface area contributed by atoms with E-state index in [-0.39, 0.29) is 0 Å². The van der Waals surface area contributed by atoms with Gasteiger partial charge in [0.25, 0.3) is 0 Å². The molecule has 0 aliphatic rings. The number of H-pyrrole nitrogens is 1. The van der Waals surface area contributed by atoms with Gasteiger partial charge in [-0.2, -0.15) is 5.10 Å². The molecule has 1 rings (SSSR count). The largest absolute Gasteiger partial charge is 0.304 e.